The number of aliphatic hydroxyl groups excluding tert-OH is 1. The number of methoxy groups -OCH3 is 1. The molecule has 0 aliphatic rings. The van der Waals surface area contributed by atoms with Crippen molar-refractivity contribution in [2.24, 2.45) is 0 Å². The van der Waals surface area contributed by atoms with Gasteiger partial charge in [-0.2, -0.15) is 0 Å². The largest absolute Gasteiger partial charge is 0.507 e. The van der Waals surface area contributed by atoms with Gasteiger partial charge in [-0.05, 0) is 49.6 Å². The Morgan fingerprint density at radius 2 is 1.91 bits per heavy atom. The second-order valence-corrected chi connectivity index (χ2v) is 5.44. The molecule has 2 aromatic carbocycles. The van der Waals surface area contributed by atoms with Crippen LogP contribution in [0.25, 0.3) is 11.1 Å². The Morgan fingerprint density at radius 1 is 1.18 bits per heavy atom. The van der Waals surface area contributed by atoms with E-state index in [1.165, 1.54) is 19.2 Å². The molecule has 0 bridgehead atoms. The summed E-state index contributed by atoms with van der Waals surface area (Å²) in [7, 11) is 1.32. The summed E-state index contributed by atoms with van der Waals surface area (Å²) in [4.78, 5) is 11.7. The summed E-state index contributed by atoms with van der Waals surface area (Å²) in [6, 6.07) is 10.4. The molecule has 0 spiro atoms. The lowest BCUT2D eigenvalue weighted by atomic mass is 9.93. The smallest absolute Gasteiger partial charge is 0.337 e. The van der Waals surface area contributed by atoms with Crippen molar-refractivity contribution < 1.29 is 19.7 Å². The number of phenolic OH excluding ortho intramolecular Hbond substituents is 1. The molecule has 0 aliphatic carbocycles. The fraction of sp³-hybridized carbons (Fsp3) is 0.278. The molecule has 4 nitrogen and oxygen atoms in total. The number of hydrogen-bond acceptors (Lipinski definition) is 4. The van der Waals surface area contributed by atoms with Crippen LogP contribution in [0.5, 0.6) is 5.75 Å². The standard InChI is InChI=1S/C18H20O4/c1-11-4-6-15(14(8-11)9-12(2)19)16-10-13(18(21)22-3)5-7-17(16)20/h4-8,10,12,19-20H,9H2,1-3H3/t12-/m0/s1. The van der Waals surface area contributed by atoms with Crippen molar-refractivity contribution in [2.75, 3.05) is 7.11 Å². The van der Waals surface area contributed by atoms with Gasteiger partial charge in [-0.3, -0.25) is 0 Å². The third kappa shape index (κ3) is 3.46. The predicted molar refractivity (Wildman–Crippen MR) is 85.0 cm³/mol. The van der Waals surface area contributed by atoms with Crippen LogP contribution < -0.4 is 0 Å². The average molecular weight is 300 g/mol. The second kappa shape index (κ2) is 6.62. The molecule has 2 rings (SSSR count). The number of esters is 1. The number of aryl methyl sites for hydroxylation is 1. The van der Waals surface area contributed by atoms with Crippen molar-refractivity contribution in [3.05, 3.63) is 53.1 Å². The van der Waals surface area contributed by atoms with E-state index in [0.717, 1.165) is 16.7 Å². The number of carbonyl (C=O) groups excluding carboxylic acids is 1. The minimum Gasteiger partial charge on any atom is -0.507 e. The van der Waals surface area contributed by atoms with Gasteiger partial charge in [0.05, 0.1) is 18.8 Å². The number of ether oxygens (including phenoxy) is 1. The van der Waals surface area contributed by atoms with Crippen LogP contribution in [0.3, 0.4) is 0 Å². The Balaban J connectivity index is 2.58. The summed E-state index contributed by atoms with van der Waals surface area (Å²) in [6.07, 6.45) is -0.0229. The van der Waals surface area contributed by atoms with Gasteiger partial charge in [0.15, 0.2) is 0 Å². The van der Waals surface area contributed by atoms with Gasteiger partial charge in [0.1, 0.15) is 5.75 Å². The topological polar surface area (TPSA) is 66.8 Å². The molecular weight excluding hydrogens is 280 g/mol. The van der Waals surface area contributed by atoms with E-state index in [1.54, 1.807) is 13.0 Å². The number of rotatable bonds is 4. The molecule has 0 unspecified atom stereocenters. The van der Waals surface area contributed by atoms with Crippen molar-refractivity contribution in [1.82, 2.24) is 0 Å². The Labute approximate surface area is 130 Å². The number of carbonyl (C=O) groups is 1. The number of phenols is 1. The van der Waals surface area contributed by atoms with Crippen LogP contribution in [0, 0.1) is 6.92 Å². The first-order chi connectivity index (χ1) is 10.4. The summed E-state index contributed by atoms with van der Waals surface area (Å²) in [5.41, 5.74) is 3.72. The first-order valence-electron chi connectivity index (χ1n) is 7.11. The van der Waals surface area contributed by atoms with E-state index in [-0.39, 0.29) is 5.75 Å². The molecule has 0 fully saturated rings. The molecule has 0 aromatic heterocycles. The van der Waals surface area contributed by atoms with E-state index in [9.17, 15) is 15.0 Å². The lowest BCUT2D eigenvalue weighted by molar-refractivity contribution is 0.0600. The molecule has 4 heteroatoms. The third-order valence-corrected chi connectivity index (χ3v) is 3.48. The molecule has 1 atom stereocenters. The highest BCUT2D eigenvalue weighted by molar-refractivity contribution is 5.92. The zero-order valence-electron chi connectivity index (χ0n) is 13.0. The van der Waals surface area contributed by atoms with Crippen molar-refractivity contribution >= 4 is 5.97 Å². The van der Waals surface area contributed by atoms with Gasteiger partial charge in [-0.1, -0.05) is 23.8 Å². The Kier molecular flexibility index (Phi) is 4.83. The minimum atomic E-state index is -0.494. The van der Waals surface area contributed by atoms with E-state index in [2.05, 4.69) is 0 Å². The molecule has 0 amide bonds. The number of hydrogen-bond donors (Lipinski definition) is 2. The number of aliphatic hydroxyl groups is 1. The predicted octanol–water partition coefficient (Wildman–Crippen LogP) is 3.08. The highest BCUT2D eigenvalue weighted by Gasteiger charge is 2.14. The number of benzene rings is 2. The van der Waals surface area contributed by atoms with Crippen LogP contribution in [0.2, 0.25) is 0 Å². The summed E-state index contributed by atoms with van der Waals surface area (Å²) in [6.45, 7) is 3.69. The fourth-order valence-electron chi connectivity index (χ4n) is 2.47. The molecule has 0 heterocycles. The maximum Gasteiger partial charge on any atom is 0.337 e. The summed E-state index contributed by atoms with van der Waals surface area (Å²) >= 11 is 0. The van der Waals surface area contributed by atoms with Crippen molar-refractivity contribution in [3.63, 3.8) is 0 Å². The van der Waals surface area contributed by atoms with Gasteiger partial charge in [-0.25, -0.2) is 4.79 Å². The van der Waals surface area contributed by atoms with Crippen LogP contribution in [-0.2, 0) is 11.2 Å². The third-order valence-electron chi connectivity index (χ3n) is 3.48. The van der Waals surface area contributed by atoms with Crippen LogP contribution in [0.4, 0.5) is 0 Å². The fourth-order valence-corrected chi connectivity index (χ4v) is 2.47. The van der Waals surface area contributed by atoms with E-state index in [0.29, 0.717) is 17.5 Å². The molecule has 0 saturated carbocycles. The Hall–Kier alpha value is -2.33. The Morgan fingerprint density at radius 3 is 2.55 bits per heavy atom. The zero-order chi connectivity index (χ0) is 16.3. The molecule has 2 aromatic rings. The van der Waals surface area contributed by atoms with Crippen molar-refractivity contribution in [1.29, 1.82) is 0 Å². The summed E-state index contributed by atoms with van der Waals surface area (Å²) in [5.74, 6) is -0.367. The Bertz CT molecular complexity index is 689. The molecule has 0 saturated heterocycles. The second-order valence-electron chi connectivity index (χ2n) is 5.44. The van der Waals surface area contributed by atoms with Gasteiger partial charge in [-0.15, -0.1) is 0 Å². The van der Waals surface area contributed by atoms with Crippen LogP contribution in [-0.4, -0.2) is 29.4 Å². The zero-order valence-corrected chi connectivity index (χ0v) is 13.0. The normalized spacial score (nSPS) is 12.0. The van der Waals surface area contributed by atoms with E-state index in [1.807, 2.05) is 25.1 Å². The summed E-state index contributed by atoms with van der Waals surface area (Å²) < 4.78 is 4.72. The van der Waals surface area contributed by atoms with Crippen molar-refractivity contribution in [3.8, 4) is 16.9 Å². The van der Waals surface area contributed by atoms with Crippen molar-refractivity contribution in [2.45, 2.75) is 26.4 Å². The minimum absolute atomic E-state index is 0.0864. The highest BCUT2D eigenvalue weighted by atomic mass is 16.5. The van der Waals surface area contributed by atoms with Gasteiger partial charge in [0.25, 0.3) is 0 Å². The maximum atomic E-state index is 11.7. The number of aromatic hydroxyl groups is 1. The van der Waals surface area contributed by atoms with Gasteiger partial charge < -0.3 is 14.9 Å². The molecule has 22 heavy (non-hydrogen) atoms. The molecule has 0 radical (unpaired) electrons. The van der Waals surface area contributed by atoms with E-state index >= 15 is 0 Å². The first kappa shape index (κ1) is 16.0. The first-order valence-corrected chi connectivity index (χ1v) is 7.11. The van der Waals surface area contributed by atoms with Crippen LogP contribution in [0.15, 0.2) is 36.4 Å². The molecule has 2 N–H and O–H groups in total. The van der Waals surface area contributed by atoms with E-state index < -0.39 is 12.1 Å². The van der Waals surface area contributed by atoms with Gasteiger partial charge in [0.2, 0.25) is 0 Å². The average Bonchev–Trinajstić information content (AvgIpc) is 2.47. The highest BCUT2D eigenvalue weighted by Crippen LogP contribution is 2.33. The lowest BCUT2D eigenvalue weighted by Gasteiger charge is -2.14. The van der Waals surface area contributed by atoms with Crippen LogP contribution in [0.1, 0.15) is 28.4 Å². The molecule has 0 aliphatic heterocycles. The monoisotopic (exact) mass is 300 g/mol. The summed E-state index contributed by atoms with van der Waals surface area (Å²) in [5, 5.41) is 19.8. The van der Waals surface area contributed by atoms with Gasteiger partial charge >= 0.3 is 5.97 Å². The maximum absolute atomic E-state index is 11.7. The SMILES string of the molecule is COC(=O)c1ccc(O)c(-c2ccc(C)cc2C[C@H](C)O)c1. The molecule has 116 valence electrons. The van der Waals surface area contributed by atoms with Crippen LogP contribution >= 0.6 is 0 Å². The van der Waals surface area contributed by atoms with Gasteiger partial charge in [0, 0.05) is 5.56 Å². The molecular formula is C18H20O4. The lowest BCUT2D eigenvalue weighted by Crippen LogP contribution is -2.06. The van der Waals surface area contributed by atoms with E-state index in [4.69, 9.17) is 4.74 Å². The quantitative estimate of drug-likeness (QED) is 0.852.